The number of amides is 2. The van der Waals surface area contributed by atoms with E-state index in [1.54, 1.807) is 31.2 Å². The van der Waals surface area contributed by atoms with Gasteiger partial charge in [0.2, 0.25) is 0 Å². The van der Waals surface area contributed by atoms with Crippen molar-refractivity contribution < 1.29 is 28.6 Å². The van der Waals surface area contributed by atoms with Gasteiger partial charge in [-0.15, -0.1) is 0 Å². The first-order valence-corrected chi connectivity index (χ1v) is 8.40. The molecule has 8 heteroatoms. The summed E-state index contributed by atoms with van der Waals surface area (Å²) in [6.07, 6.45) is 1.55. The van der Waals surface area contributed by atoms with Crippen LogP contribution >= 0.6 is 11.8 Å². The van der Waals surface area contributed by atoms with E-state index in [-0.39, 0.29) is 11.5 Å². The third-order valence-corrected chi connectivity index (χ3v) is 4.45. The Labute approximate surface area is 149 Å². The van der Waals surface area contributed by atoms with E-state index < -0.39 is 23.2 Å². The Kier molecular flexibility index (Phi) is 6.08. The van der Waals surface area contributed by atoms with E-state index in [4.69, 9.17) is 14.2 Å². The van der Waals surface area contributed by atoms with Gasteiger partial charge in [-0.25, -0.2) is 4.79 Å². The summed E-state index contributed by atoms with van der Waals surface area (Å²) in [5, 5.41) is -0.515. The van der Waals surface area contributed by atoms with Crippen molar-refractivity contribution in [3.63, 3.8) is 0 Å². The van der Waals surface area contributed by atoms with Crippen LogP contribution in [-0.4, -0.2) is 48.9 Å². The zero-order valence-electron chi connectivity index (χ0n) is 14.4. The number of hydrogen-bond donors (Lipinski definition) is 0. The summed E-state index contributed by atoms with van der Waals surface area (Å²) in [6, 6.07) is 4.15. The Bertz CT molecular complexity index is 730. The molecule has 1 fully saturated rings. The van der Waals surface area contributed by atoms with Crippen LogP contribution in [0, 0.1) is 0 Å². The number of hydrogen-bond acceptors (Lipinski definition) is 7. The summed E-state index contributed by atoms with van der Waals surface area (Å²) in [6.45, 7) is 3.30. The molecule has 0 saturated carbocycles. The van der Waals surface area contributed by atoms with Gasteiger partial charge in [0.25, 0.3) is 11.1 Å². The van der Waals surface area contributed by atoms with Gasteiger partial charge in [-0.1, -0.05) is 0 Å². The quantitative estimate of drug-likeness (QED) is 0.566. The summed E-state index contributed by atoms with van der Waals surface area (Å²) in [7, 11) is 3.04. The molecule has 1 aromatic rings. The van der Waals surface area contributed by atoms with Crippen LogP contribution in [0.2, 0.25) is 0 Å². The lowest BCUT2D eigenvalue weighted by molar-refractivity contribution is -0.150. The molecule has 2 rings (SSSR count). The highest BCUT2D eigenvalue weighted by molar-refractivity contribution is 8.18. The van der Waals surface area contributed by atoms with E-state index in [9.17, 15) is 14.4 Å². The molecule has 0 spiro atoms. The summed E-state index contributed by atoms with van der Waals surface area (Å²) in [5.41, 5.74) is 0.594. The normalized spacial score (nSPS) is 17.0. The lowest BCUT2D eigenvalue weighted by Gasteiger charge is -2.19. The van der Waals surface area contributed by atoms with Crippen LogP contribution in [-0.2, 0) is 14.3 Å². The van der Waals surface area contributed by atoms with E-state index in [1.807, 2.05) is 0 Å². The molecule has 0 aliphatic carbocycles. The third kappa shape index (κ3) is 3.96. The van der Waals surface area contributed by atoms with Gasteiger partial charge in [0, 0.05) is 5.56 Å². The first-order chi connectivity index (χ1) is 11.9. The summed E-state index contributed by atoms with van der Waals surface area (Å²) < 4.78 is 15.3. The summed E-state index contributed by atoms with van der Waals surface area (Å²) >= 11 is 0.767. The van der Waals surface area contributed by atoms with Crippen LogP contribution < -0.4 is 9.47 Å². The van der Waals surface area contributed by atoms with Crippen molar-refractivity contribution in [1.82, 2.24) is 4.90 Å². The molecule has 1 heterocycles. The highest BCUT2D eigenvalue weighted by Crippen LogP contribution is 2.36. The van der Waals surface area contributed by atoms with Crippen molar-refractivity contribution in [2.45, 2.75) is 19.9 Å². The fourth-order valence-corrected chi connectivity index (χ4v) is 3.17. The Balaban J connectivity index is 2.33. The Morgan fingerprint density at radius 2 is 2.00 bits per heavy atom. The number of imide groups is 1. The van der Waals surface area contributed by atoms with Crippen molar-refractivity contribution in [3.8, 4) is 11.5 Å². The molecule has 0 unspecified atom stereocenters. The maximum absolute atomic E-state index is 12.6. The fraction of sp³-hybridized carbons (Fsp3) is 0.353. The molecule has 1 aromatic carbocycles. The molecule has 7 nitrogen and oxygen atoms in total. The van der Waals surface area contributed by atoms with Gasteiger partial charge in [-0.05, 0) is 49.9 Å². The average molecular weight is 365 g/mol. The maximum atomic E-state index is 12.6. The SMILES string of the molecule is CCOC(=O)[C@@H](C)N1C(=O)S/C(=C\c2cc(OC)ccc2OC)C1=O. The number of rotatable bonds is 6. The molecule has 0 radical (unpaired) electrons. The van der Waals surface area contributed by atoms with Gasteiger partial charge < -0.3 is 14.2 Å². The van der Waals surface area contributed by atoms with E-state index in [1.165, 1.54) is 21.1 Å². The van der Waals surface area contributed by atoms with E-state index in [0.29, 0.717) is 17.1 Å². The molecule has 2 amide bonds. The molecule has 0 N–H and O–H groups in total. The highest BCUT2D eigenvalue weighted by Gasteiger charge is 2.41. The second-order valence-electron chi connectivity index (χ2n) is 5.09. The number of carbonyl (C=O) groups is 3. The van der Waals surface area contributed by atoms with E-state index >= 15 is 0 Å². The lowest BCUT2D eigenvalue weighted by atomic mass is 10.1. The molecule has 0 bridgehead atoms. The fourth-order valence-electron chi connectivity index (χ4n) is 2.28. The number of ether oxygens (including phenoxy) is 3. The molecule has 1 atom stereocenters. The van der Waals surface area contributed by atoms with E-state index in [2.05, 4.69) is 0 Å². The van der Waals surface area contributed by atoms with Gasteiger partial charge in [0.05, 0.1) is 25.7 Å². The minimum atomic E-state index is -0.981. The average Bonchev–Trinajstić information content (AvgIpc) is 2.88. The predicted molar refractivity (Wildman–Crippen MR) is 93.5 cm³/mol. The Morgan fingerprint density at radius 3 is 2.60 bits per heavy atom. The first-order valence-electron chi connectivity index (χ1n) is 7.58. The third-order valence-electron chi connectivity index (χ3n) is 3.56. The van der Waals surface area contributed by atoms with Gasteiger partial charge in [-0.3, -0.25) is 14.5 Å². The molecule has 0 aromatic heterocycles. The van der Waals surface area contributed by atoms with Gasteiger partial charge >= 0.3 is 5.97 Å². The first kappa shape index (κ1) is 18.9. The van der Waals surface area contributed by atoms with Crippen molar-refractivity contribution in [2.24, 2.45) is 0 Å². The van der Waals surface area contributed by atoms with Gasteiger partial charge in [0.15, 0.2) is 0 Å². The molecule has 134 valence electrons. The van der Waals surface area contributed by atoms with Crippen LogP contribution in [0.3, 0.4) is 0 Å². The highest BCUT2D eigenvalue weighted by atomic mass is 32.2. The molecular formula is C17H19NO6S. The summed E-state index contributed by atoms with van der Waals surface area (Å²) in [4.78, 5) is 37.7. The molecule has 25 heavy (non-hydrogen) atoms. The van der Waals surface area contributed by atoms with Crippen molar-refractivity contribution in [2.75, 3.05) is 20.8 Å². The minimum Gasteiger partial charge on any atom is -0.497 e. The summed E-state index contributed by atoms with van der Waals surface area (Å²) in [5.74, 6) is -0.0392. The predicted octanol–water partition coefficient (Wildman–Crippen LogP) is 2.69. The standard InChI is InChI=1S/C17H19NO6S/c1-5-24-16(20)10(2)18-15(19)14(25-17(18)21)9-11-8-12(22-3)6-7-13(11)23-4/h6-10H,5H2,1-4H3/b14-9-/t10-/m1/s1. The number of esters is 1. The molecule has 1 aliphatic rings. The van der Waals surface area contributed by atoms with Crippen LogP contribution in [0.4, 0.5) is 4.79 Å². The Morgan fingerprint density at radius 1 is 1.28 bits per heavy atom. The molecule has 1 saturated heterocycles. The second-order valence-corrected chi connectivity index (χ2v) is 6.08. The van der Waals surface area contributed by atoms with Gasteiger partial charge in [0.1, 0.15) is 17.5 Å². The van der Waals surface area contributed by atoms with Crippen LogP contribution in [0.1, 0.15) is 19.4 Å². The van der Waals surface area contributed by atoms with Crippen LogP contribution in [0.25, 0.3) is 6.08 Å². The largest absolute Gasteiger partial charge is 0.497 e. The number of carbonyl (C=O) groups excluding carboxylic acids is 3. The number of thioether (sulfide) groups is 1. The van der Waals surface area contributed by atoms with Crippen molar-refractivity contribution in [1.29, 1.82) is 0 Å². The van der Waals surface area contributed by atoms with Crippen LogP contribution in [0.5, 0.6) is 11.5 Å². The monoisotopic (exact) mass is 365 g/mol. The second kappa shape index (κ2) is 8.06. The van der Waals surface area contributed by atoms with E-state index in [0.717, 1.165) is 16.7 Å². The molecular weight excluding hydrogens is 346 g/mol. The zero-order chi connectivity index (χ0) is 18.6. The minimum absolute atomic E-state index is 0.177. The molecule has 1 aliphatic heterocycles. The topological polar surface area (TPSA) is 82.1 Å². The smallest absolute Gasteiger partial charge is 0.329 e. The Hall–Kier alpha value is -2.48. The number of methoxy groups -OCH3 is 2. The lowest BCUT2D eigenvalue weighted by Crippen LogP contribution is -2.42. The van der Waals surface area contributed by atoms with Crippen LogP contribution in [0.15, 0.2) is 23.1 Å². The number of nitrogens with zero attached hydrogens (tertiary/aromatic N) is 1. The number of benzene rings is 1. The van der Waals surface area contributed by atoms with Crippen molar-refractivity contribution in [3.05, 3.63) is 28.7 Å². The zero-order valence-corrected chi connectivity index (χ0v) is 15.2. The van der Waals surface area contributed by atoms with Gasteiger partial charge in [-0.2, -0.15) is 0 Å². The van der Waals surface area contributed by atoms with Crippen molar-refractivity contribution >= 4 is 35.0 Å². The maximum Gasteiger partial charge on any atom is 0.329 e.